The molecule has 0 saturated heterocycles. The molecule has 2 aromatic carbocycles. The van der Waals surface area contributed by atoms with Crippen LogP contribution >= 0.6 is 0 Å². The van der Waals surface area contributed by atoms with Crippen molar-refractivity contribution in [1.82, 2.24) is 0 Å². The highest BCUT2D eigenvalue weighted by Gasteiger charge is 2.18. The van der Waals surface area contributed by atoms with Gasteiger partial charge < -0.3 is 15.6 Å². The zero-order chi connectivity index (χ0) is 18.6. The first-order valence-corrected chi connectivity index (χ1v) is 8.63. The van der Waals surface area contributed by atoms with Gasteiger partial charge in [0, 0.05) is 0 Å². The minimum absolute atomic E-state index is 0.266. The van der Waals surface area contributed by atoms with Crippen molar-refractivity contribution in [3.63, 3.8) is 0 Å². The van der Waals surface area contributed by atoms with Gasteiger partial charge in [0.05, 0.1) is 0 Å². The summed E-state index contributed by atoms with van der Waals surface area (Å²) in [6.07, 6.45) is -1.33. The lowest BCUT2D eigenvalue weighted by atomic mass is 9.96. The second-order valence-corrected chi connectivity index (χ2v) is 6.90. The van der Waals surface area contributed by atoms with Crippen LogP contribution in [0, 0.1) is 0 Å². The van der Waals surface area contributed by atoms with E-state index in [0.29, 0.717) is 17.4 Å². The van der Waals surface area contributed by atoms with Crippen LogP contribution in [-0.4, -0.2) is 11.0 Å². The Labute approximate surface area is 149 Å². The van der Waals surface area contributed by atoms with E-state index < -0.39 is 12.0 Å². The molecule has 4 heteroatoms. The smallest absolute Gasteiger partial charge is 0.250 e. The maximum absolute atomic E-state index is 11.3. The highest BCUT2D eigenvalue weighted by molar-refractivity contribution is 5.80. The number of carbonyl (C=O) groups is 1. The summed E-state index contributed by atoms with van der Waals surface area (Å²) < 4.78 is 6.08. The minimum Gasteiger partial charge on any atom is -0.489 e. The molecule has 0 fully saturated rings. The van der Waals surface area contributed by atoms with E-state index >= 15 is 0 Å². The van der Waals surface area contributed by atoms with Crippen molar-refractivity contribution in [3.8, 4) is 5.75 Å². The highest BCUT2D eigenvalue weighted by Crippen LogP contribution is 2.31. The quantitative estimate of drug-likeness (QED) is 0.798. The Balaban J connectivity index is 2.30. The molecule has 0 heterocycles. The van der Waals surface area contributed by atoms with Crippen LogP contribution < -0.4 is 10.5 Å². The zero-order valence-corrected chi connectivity index (χ0v) is 15.3. The van der Waals surface area contributed by atoms with Gasteiger partial charge in [0.15, 0.2) is 6.10 Å². The predicted octanol–water partition coefficient (Wildman–Crippen LogP) is 4.03. The number of rotatable bonds is 7. The van der Waals surface area contributed by atoms with Gasteiger partial charge in [0.25, 0.3) is 5.91 Å². The van der Waals surface area contributed by atoms with Crippen molar-refractivity contribution < 1.29 is 14.6 Å². The maximum atomic E-state index is 11.3. The Morgan fingerprint density at radius 2 is 1.72 bits per heavy atom. The molecule has 4 nitrogen and oxygen atoms in total. The molecule has 0 aromatic heterocycles. The molecule has 1 atom stereocenters. The highest BCUT2D eigenvalue weighted by atomic mass is 16.5. The molecule has 25 heavy (non-hydrogen) atoms. The molecule has 2 aromatic rings. The van der Waals surface area contributed by atoms with E-state index in [1.54, 1.807) is 12.1 Å². The molecule has 0 aliphatic carbocycles. The van der Waals surface area contributed by atoms with Gasteiger partial charge in [0.2, 0.25) is 0 Å². The molecule has 0 aliphatic heterocycles. The van der Waals surface area contributed by atoms with Crippen LogP contribution in [0.2, 0.25) is 0 Å². The third-order valence-corrected chi connectivity index (χ3v) is 4.33. The van der Waals surface area contributed by atoms with E-state index in [2.05, 4.69) is 45.9 Å². The topological polar surface area (TPSA) is 72.6 Å². The Morgan fingerprint density at radius 3 is 2.32 bits per heavy atom. The molecule has 0 saturated carbocycles. The van der Waals surface area contributed by atoms with Crippen LogP contribution in [0.15, 0.2) is 42.5 Å². The van der Waals surface area contributed by atoms with Crippen LogP contribution in [0.4, 0.5) is 0 Å². The lowest BCUT2D eigenvalue weighted by Gasteiger charge is -2.18. The molecule has 0 bridgehead atoms. The van der Waals surface area contributed by atoms with E-state index in [1.807, 2.05) is 12.1 Å². The summed E-state index contributed by atoms with van der Waals surface area (Å²) in [6.45, 7) is 8.81. The van der Waals surface area contributed by atoms with Crippen LogP contribution in [0.1, 0.15) is 67.9 Å². The number of benzene rings is 2. The van der Waals surface area contributed by atoms with Crippen molar-refractivity contribution in [3.05, 3.63) is 64.7 Å². The number of primary amides is 1. The molecule has 3 N–H and O–H groups in total. The Bertz CT molecular complexity index is 738. The van der Waals surface area contributed by atoms with Gasteiger partial charge in [-0.2, -0.15) is 0 Å². The van der Waals surface area contributed by atoms with Crippen molar-refractivity contribution in [1.29, 1.82) is 0 Å². The Kier molecular flexibility index (Phi) is 6.21. The van der Waals surface area contributed by atoms with Crippen molar-refractivity contribution in [2.45, 2.75) is 52.2 Å². The van der Waals surface area contributed by atoms with Gasteiger partial charge in [-0.05, 0) is 40.2 Å². The normalized spacial score (nSPS) is 12.4. The van der Waals surface area contributed by atoms with Gasteiger partial charge in [0.1, 0.15) is 12.4 Å². The third kappa shape index (κ3) is 4.60. The van der Waals surface area contributed by atoms with Gasteiger partial charge >= 0.3 is 0 Å². The molecular formula is C21H27NO3. The molecule has 0 radical (unpaired) electrons. The summed E-state index contributed by atoms with van der Waals surface area (Å²) in [6, 6.07) is 13.5. The number of nitrogens with two attached hydrogens (primary N) is 1. The van der Waals surface area contributed by atoms with Gasteiger partial charge in [-0.3, -0.25) is 4.79 Å². The monoisotopic (exact) mass is 341 g/mol. The molecule has 1 unspecified atom stereocenters. The average molecular weight is 341 g/mol. The largest absolute Gasteiger partial charge is 0.489 e. The van der Waals surface area contributed by atoms with E-state index in [9.17, 15) is 9.90 Å². The standard InChI is InChI=1S/C21H27NO3/c1-13(2)15-9-10-17(14(3)4)19(11-15)25-12-16-7-5-6-8-18(16)20(23)21(22)24/h5-11,13-14,20,23H,12H2,1-4H3,(H2,22,24). The summed E-state index contributed by atoms with van der Waals surface area (Å²) in [7, 11) is 0. The maximum Gasteiger partial charge on any atom is 0.250 e. The lowest BCUT2D eigenvalue weighted by Crippen LogP contribution is -2.22. The molecular weight excluding hydrogens is 314 g/mol. The average Bonchev–Trinajstić information content (AvgIpc) is 2.58. The number of aliphatic hydroxyl groups excluding tert-OH is 1. The fourth-order valence-electron chi connectivity index (χ4n) is 2.75. The zero-order valence-electron chi connectivity index (χ0n) is 15.3. The number of amides is 1. The first-order chi connectivity index (χ1) is 11.8. The second kappa shape index (κ2) is 8.17. The molecule has 1 amide bonds. The van der Waals surface area contributed by atoms with Gasteiger partial charge in [-0.25, -0.2) is 0 Å². The number of ether oxygens (including phenoxy) is 1. The SMILES string of the molecule is CC(C)c1ccc(C(C)C)c(OCc2ccccc2C(O)C(N)=O)c1. The third-order valence-electron chi connectivity index (χ3n) is 4.33. The summed E-state index contributed by atoms with van der Waals surface area (Å²) in [5, 5.41) is 10.0. The summed E-state index contributed by atoms with van der Waals surface area (Å²) in [5.41, 5.74) is 8.82. The second-order valence-electron chi connectivity index (χ2n) is 6.90. The van der Waals surface area contributed by atoms with E-state index in [-0.39, 0.29) is 6.61 Å². The van der Waals surface area contributed by atoms with E-state index in [4.69, 9.17) is 10.5 Å². The van der Waals surface area contributed by atoms with E-state index in [0.717, 1.165) is 16.9 Å². The van der Waals surface area contributed by atoms with Crippen LogP contribution in [-0.2, 0) is 11.4 Å². The summed E-state index contributed by atoms with van der Waals surface area (Å²) >= 11 is 0. The Hall–Kier alpha value is -2.33. The number of hydrogen-bond acceptors (Lipinski definition) is 3. The number of aliphatic hydroxyl groups is 1. The number of carbonyl (C=O) groups excluding carboxylic acids is 1. The lowest BCUT2D eigenvalue weighted by molar-refractivity contribution is -0.126. The van der Waals surface area contributed by atoms with Gasteiger partial charge in [-0.1, -0.05) is 64.1 Å². The van der Waals surface area contributed by atoms with Crippen molar-refractivity contribution in [2.24, 2.45) is 5.73 Å². The molecule has 2 rings (SSSR count). The summed E-state index contributed by atoms with van der Waals surface area (Å²) in [5.74, 6) is 0.817. The van der Waals surface area contributed by atoms with Crippen LogP contribution in [0.25, 0.3) is 0 Å². The molecule has 0 spiro atoms. The predicted molar refractivity (Wildman–Crippen MR) is 99.5 cm³/mol. The minimum atomic E-state index is -1.33. The van der Waals surface area contributed by atoms with Crippen LogP contribution in [0.5, 0.6) is 5.75 Å². The van der Waals surface area contributed by atoms with Gasteiger partial charge in [-0.15, -0.1) is 0 Å². The molecule has 0 aliphatic rings. The van der Waals surface area contributed by atoms with Crippen molar-refractivity contribution >= 4 is 5.91 Å². The van der Waals surface area contributed by atoms with E-state index in [1.165, 1.54) is 5.56 Å². The number of hydrogen-bond donors (Lipinski definition) is 2. The first kappa shape index (κ1) is 19.0. The summed E-state index contributed by atoms with van der Waals surface area (Å²) in [4.78, 5) is 11.3. The fourth-order valence-corrected chi connectivity index (χ4v) is 2.75. The van der Waals surface area contributed by atoms with Crippen molar-refractivity contribution in [2.75, 3.05) is 0 Å². The van der Waals surface area contributed by atoms with Crippen LogP contribution in [0.3, 0.4) is 0 Å². The Morgan fingerprint density at radius 1 is 1.04 bits per heavy atom. The molecule has 134 valence electrons. The first-order valence-electron chi connectivity index (χ1n) is 8.63. The fraction of sp³-hybridized carbons (Fsp3) is 0.381.